The fourth-order valence-electron chi connectivity index (χ4n) is 2.49. The second-order valence-corrected chi connectivity index (χ2v) is 5.71. The van der Waals surface area contributed by atoms with E-state index >= 15 is 0 Å². The molecule has 2 unspecified atom stereocenters. The first kappa shape index (κ1) is 14.3. The Morgan fingerprint density at radius 2 is 2.05 bits per heavy atom. The van der Waals surface area contributed by atoms with Gasteiger partial charge in [0.1, 0.15) is 0 Å². The molecule has 0 aromatic heterocycles. The predicted molar refractivity (Wildman–Crippen MR) is 75.5 cm³/mol. The van der Waals surface area contributed by atoms with Gasteiger partial charge < -0.3 is 14.9 Å². The number of likely N-dealkylation sites (tertiary alicyclic amines) is 1. The molecule has 2 rings (SSSR count). The van der Waals surface area contributed by atoms with Crippen molar-refractivity contribution in [2.24, 2.45) is 0 Å². The molecule has 104 valence electrons. The smallest absolute Gasteiger partial charge is 0.254 e. The van der Waals surface area contributed by atoms with Crippen LogP contribution in [0.1, 0.15) is 16.8 Å². The molecule has 19 heavy (non-hydrogen) atoms. The molecule has 2 atom stereocenters. The van der Waals surface area contributed by atoms with Crippen molar-refractivity contribution in [2.45, 2.75) is 18.6 Å². The fraction of sp³-hybridized carbons (Fsp3) is 0.500. The molecule has 0 saturated carbocycles. The van der Waals surface area contributed by atoms with Crippen molar-refractivity contribution in [3.63, 3.8) is 0 Å². The number of aliphatic hydroxyl groups excluding tert-OH is 1. The van der Waals surface area contributed by atoms with Crippen molar-refractivity contribution in [3.05, 3.63) is 34.9 Å². The van der Waals surface area contributed by atoms with Crippen LogP contribution in [0.4, 0.5) is 0 Å². The van der Waals surface area contributed by atoms with Gasteiger partial charge in [-0.25, -0.2) is 0 Å². The van der Waals surface area contributed by atoms with Crippen LogP contribution in [0.5, 0.6) is 0 Å². The number of nitrogens with zero attached hydrogens (tertiary/aromatic N) is 2. The Morgan fingerprint density at radius 3 is 2.63 bits per heavy atom. The Bertz CT molecular complexity index is 447. The van der Waals surface area contributed by atoms with Crippen LogP contribution in [-0.2, 0) is 0 Å². The first-order valence-corrected chi connectivity index (χ1v) is 6.74. The van der Waals surface area contributed by atoms with Gasteiger partial charge in [-0.05, 0) is 44.8 Å². The van der Waals surface area contributed by atoms with E-state index in [9.17, 15) is 9.90 Å². The molecule has 0 radical (unpaired) electrons. The minimum atomic E-state index is -0.429. The van der Waals surface area contributed by atoms with E-state index in [0.29, 0.717) is 23.6 Å². The maximum absolute atomic E-state index is 12.4. The van der Waals surface area contributed by atoms with Crippen LogP contribution in [0.3, 0.4) is 0 Å². The number of β-amino-alcohol motifs (C(OH)–C–C–N with tert-alkyl or cyclic N) is 1. The standard InChI is InChI=1S/C14H19ClN2O2/c1-16(2)8-12-7-13(18)9-17(12)14(19)10-3-5-11(15)6-4-10/h3-6,12-13,18H,7-9H2,1-2H3. The molecule has 1 aromatic carbocycles. The monoisotopic (exact) mass is 282 g/mol. The van der Waals surface area contributed by atoms with E-state index in [4.69, 9.17) is 11.6 Å². The number of amides is 1. The van der Waals surface area contributed by atoms with Crippen molar-refractivity contribution in [2.75, 3.05) is 27.2 Å². The van der Waals surface area contributed by atoms with E-state index in [1.165, 1.54) is 0 Å². The molecule has 1 aromatic rings. The average molecular weight is 283 g/mol. The number of rotatable bonds is 3. The van der Waals surface area contributed by atoms with Gasteiger partial charge in [0, 0.05) is 29.7 Å². The van der Waals surface area contributed by atoms with Gasteiger partial charge in [-0.3, -0.25) is 4.79 Å². The fourth-order valence-corrected chi connectivity index (χ4v) is 2.62. The quantitative estimate of drug-likeness (QED) is 0.913. The normalized spacial score (nSPS) is 23.1. The summed E-state index contributed by atoms with van der Waals surface area (Å²) >= 11 is 5.83. The van der Waals surface area contributed by atoms with Crippen LogP contribution < -0.4 is 0 Å². The molecule has 5 heteroatoms. The SMILES string of the molecule is CN(C)CC1CC(O)CN1C(=O)c1ccc(Cl)cc1. The molecule has 1 amide bonds. The molecule has 1 heterocycles. The lowest BCUT2D eigenvalue weighted by Crippen LogP contribution is -2.41. The summed E-state index contributed by atoms with van der Waals surface area (Å²) in [7, 11) is 3.94. The minimum Gasteiger partial charge on any atom is -0.391 e. The lowest BCUT2D eigenvalue weighted by Gasteiger charge is -2.26. The molecule has 0 aliphatic carbocycles. The summed E-state index contributed by atoms with van der Waals surface area (Å²) in [6.07, 6.45) is 0.207. The third-order valence-electron chi connectivity index (χ3n) is 3.32. The molecule has 1 aliphatic heterocycles. The van der Waals surface area contributed by atoms with E-state index in [1.54, 1.807) is 29.2 Å². The highest BCUT2D eigenvalue weighted by atomic mass is 35.5. The van der Waals surface area contributed by atoms with E-state index in [-0.39, 0.29) is 11.9 Å². The zero-order valence-corrected chi connectivity index (χ0v) is 12.0. The third kappa shape index (κ3) is 3.47. The summed E-state index contributed by atoms with van der Waals surface area (Å²) in [5.74, 6) is -0.0416. The second kappa shape index (κ2) is 5.90. The summed E-state index contributed by atoms with van der Waals surface area (Å²) in [6, 6.07) is 6.93. The highest BCUT2D eigenvalue weighted by Crippen LogP contribution is 2.22. The molecule has 1 fully saturated rings. The third-order valence-corrected chi connectivity index (χ3v) is 3.57. The summed E-state index contributed by atoms with van der Waals surface area (Å²) in [5.41, 5.74) is 0.613. The molecule has 0 spiro atoms. The summed E-state index contributed by atoms with van der Waals surface area (Å²) in [6.45, 7) is 1.16. The van der Waals surface area contributed by atoms with Crippen LogP contribution >= 0.6 is 11.6 Å². The maximum atomic E-state index is 12.4. The number of halogens is 1. The first-order valence-electron chi connectivity index (χ1n) is 6.36. The van der Waals surface area contributed by atoms with Crippen LogP contribution in [0.15, 0.2) is 24.3 Å². The molecule has 1 aliphatic rings. The van der Waals surface area contributed by atoms with Gasteiger partial charge in [0.05, 0.1) is 6.10 Å². The maximum Gasteiger partial charge on any atom is 0.254 e. The highest BCUT2D eigenvalue weighted by Gasteiger charge is 2.34. The number of likely N-dealkylation sites (N-methyl/N-ethyl adjacent to an activating group) is 1. The van der Waals surface area contributed by atoms with Crippen molar-refractivity contribution >= 4 is 17.5 Å². The summed E-state index contributed by atoms with van der Waals surface area (Å²) in [5, 5.41) is 10.4. The van der Waals surface area contributed by atoms with Gasteiger partial charge >= 0.3 is 0 Å². The Labute approximate surface area is 118 Å². The minimum absolute atomic E-state index is 0.0416. The molecule has 4 nitrogen and oxygen atoms in total. The van der Waals surface area contributed by atoms with Gasteiger partial charge in [-0.2, -0.15) is 0 Å². The van der Waals surface area contributed by atoms with E-state index in [1.807, 2.05) is 19.0 Å². The number of aliphatic hydroxyl groups is 1. The van der Waals surface area contributed by atoms with Crippen molar-refractivity contribution in [1.29, 1.82) is 0 Å². The largest absolute Gasteiger partial charge is 0.391 e. The van der Waals surface area contributed by atoms with Gasteiger partial charge in [-0.1, -0.05) is 11.6 Å². The molecule has 1 saturated heterocycles. The first-order chi connectivity index (χ1) is 8.97. The molecular formula is C14H19ClN2O2. The van der Waals surface area contributed by atoms with Gasteiger partial charge in [0.15, 0.2) is 0 Å². The lowest BCUT2D eigenvalue weighted by atomic mass is 10.1. The van der Waals surface area contributed by atoms with Crippen molar-refractivity contribution < 1.29 is 9.90 Å². The van der Waals surface area contributed by atoms with Crippen LogP contribution in [0.25, 0.3) is 0 Å². The van der Waals surface area contributed by atoms with E-state index < -0.39 is 6.10 Å². The summed E-state index contributed by atoms with van der Waals surface area (Å²) in [4.78, 5) is 16.2. The zero-order valence-electron chi connectivity index (χ0n) is 11.2. The number of benzene rings is 1. The Hall–Kier alpha value is -1.10. The van der Waals surface area contributed by atoms with Gasteiger partial charge in [0.25, 0.3) is 5.91 Å². The highest BCUT2D eigenvalue weighted by molar-refractivity contribution is 6.30. The average Bonchev–Trinajstić information content (AvgIpc) is 2.69. The van der Waals surface area contributed by atoms with Crippen LogP contribution in [0.2, 0.25) is 5.02 Å². The van der Waals surface area contributed by atoms with Crippen LogP contribution in [-0.4, -0.2) is 60.1 Å². The molecular weight excluding hydrogens is 264 g/mol. The lowest BCUT2D eigenvalue weighted by molar-refractivity contribution is 0.0699. The topological polar surface area (TPSA) is 43.8 Å². The zero-order chi connectivity index (χ0) is 14.0. The predicted octanol–water partition coefficient (Wildman–Crippen LogP) is 1.48. The van der Waals surface area contributed by atoms with E-state index in [0.717, 1.165) is 6.54 Å². The van der Waals surface area contributed by atoms with Crippen molar-refractivity contribution in [3.8, 4) is 0 Å². The second-order valence-electron chi connectivity index (χ2n) is 5.27. The molecule has 0 bridgehead atoms. The Balaban J connectivity index is 2.14. The van der Waals surface area contributed by atoms with Crippen molar-refractivity contribution in [1.82, 2.24) is 9.80 Å². The molecule has 1 N–H and O–H groups in total. The number of carbonyl (C=O) groups is 1. The number of hydrogen-bond donors (Lipinski definition) is 1. The Morgan fingerprint density at radius 1 is 1.42 bits per heavy atom. The number of carbonyl (C=O) groups excluding carboxylic acids is 1. The van der Waals surface area contributed by atoms with Crippen LogP contribution in [0, 0.1) is 0 Å². The summed E-state index contributed by atoms with van der Waals surface area (Å²) < 4.78 is 0. The Kier molecular flexibility index (Phi) is 4.45. The van der Waals surface area contributed by atoms with E-state index in [2.05, 4.69) is 0 Å². The number of hydrogen-bond acceptors (Lipinski definition) is 3. The van der Waals surface area contributed by atoms with Gasteiger partial charge in [0.2, 0.25) is 0 Å². The van der Waals surface area contributed by atoms with Gasteiger partial charge in [-0.15, -0.1) is 0 Å².